The molecular formula is C11H10BrF3. The van der Waals surface area contributed by atoms with Gasteiger partial charge in [-0.05, 0) is 24.1 Å². The zero-order valence-electron chi connectivity index (χ0n) is 7.89. The lowest BCUT2D eigenvalue weighted by Crippen LogP contribution is -2.04. The van der Waals surface area contributed by atoms with Gasteiger partial charge in [0.15, 0.2) is 0 Å². The third kappa shape index (κ3) is 4.08. The van der Waals surface area contributed by atoms with Crippen LogP contribution < -0.4 is 0 Å². The van der Waals surface area contributed by atoms with Crippen LogP contribution in [0.5, 0.6) is 0 Å². The minimum Gasteiger partial charge on any atom is -0.166 e. The summed E-state index contributed by atoms with van der Waals surface area (Å²) < 4.78 is 37.0. The Bertz CT molecular complexity index is 342. The van der Waals surface area contributed by atoms with Crippen molar-refractivity contribution in [2.45, 2.75) is 12.6 Å². The summed E-state index contributed by atoms with van der Waals surface area (Å²) in [4.78, 5) is 0. The molecule has 0 bridgehead atoms. The lowest BCUT2D eigenvalue weighted by molar-refractivity contribution is -0.137. The van der Waals surface area contributed by atoms with Crippen LogP contribution in [0, 0.1) is 0 Å². The molecule has 0 aromatic heterocycles. The van der Waals surface area contributed by atoms with E-state index in [0.29, 0.717) is 5.56 Å². The van der Waals surface area contributed by atoms with Crippen molar-refractivity contribution in [1.82, 2.24) is 0 Å². The van der Waals surface area contributed by atoms with E-state index in [-0.39, 0.29) is 0 Å². The number of allylic oxidation sites excluding steroid dienone is 1. The van der Waals surface area contributed by atoms with Gasteiger partial charge in [0.05, 0.1) is 5.56 Å². The van der Waals surface area contributed by atoms with E-state index in [2.05, 4.69) is 15.9 Å². The molecular weight excluding hydrogens is 269 g/mol. The molecule has 1 rings (SSSR count). The normalized spacial score (nSPS) is 12.3. The molecule has 0 nitrogen and oxygen atoms in total. The van der Waals surface area contributed by atoms with Crippen LogP contribution in [0.3, 0.4) is 0 Å². The Labute approximate surface area is 94.9 Å². The molecule has 0 aliphatic rings. The van der Waals surface area contributed by atoms with Gasteiger partial charge in [0.25, 0.3) is 0 Å². The zero-order valence-corrected chi connectivity index (χ0v) is 9.48. The quantitative estimate of drug-likeness (QED) is 0.714. The Kier molecular flexibility index (Phi) is 4.39. The van der Waals surface area contributed by atoms with Crippen molar-refractivity contribution < 1.29 is 13.2 Å². The smallest absolute Gasteiger partial charge is 0.166 e. The maximum atomic E-state index is 12.3. The van der Waals surface area contributed by atoms with Crippen LogP contribution in [-0.2, 0) is 6.18 Å². The summed E-state index contributed by atoms with van der Waals surface area (Å²) in [6, 6.07) is 5.28. The molecule has 0 aliphatic heterocycles. The van der Waals surface area contributed by atoms with Crippen LogP contribution in [0.1, 0.15) is 17.5 Å². The first-order valence-electron chi connectivity index (χ1n) is 4.44. The number of rotatable bonds is 3. The standard InChI is InChI=1S/C11H10BrF3/c12-7-2-1-4-9-5-3-6-10(8-9)11(13,14)15/h1,3-6,8H,2,7H2/b4-1+. The van der Waals surface area contributed by atoms with Gasteiger partial charge in [0.2, 0.25) is 0 Å². The highest BCUT2D eigenvalue weighted by Crippen LogP contribution is 2.29. The lowest BCUT2D eigenvalue weighted by atomic mass is 10.1. The fourth-order valence-corrected chi connectivity index (χ4v) is 1.37. The molecule has 0 saturated heterocycles. The van der Waals surface area contributed by atoms with Crippen molar-refractivity contribution in [2.75, 3.05) is 5.33 Å². The largest absolute Gasteiger partial charge is 0.416 e. The van der Waals surface area contributed by atoms with Gasteiger partial charge >= 0.3 is 6.18 Å². The molecule has 0 amide bonds. The molecule has 0 heterocycles. The van der Waals surface area contributed by atoms with Crippen molar-refractivity contribution in [1.29, 1.82) is 0 Å². The topological polar surface area (TPSA) is 0 Å². The van der Waals surface area contributed by atoms with E-state index in [4.69, 9.17) is 0 Å². The summed E-state index contributed by atoms with van der Waals surface area (Å²) >= 11 is 3.24. The van der Waals surface area contributed by atoms with Crippen molar-refractivity contribution in [2.24, 2.45) is 0 Å². The van der Waals surface area contributed by atoms with Crippen molar-refractivity contribution >= 4 is 22.0 Å². The first-order chi connectivity index (χ1) is 7.04. The highest BCUT2D eigenvalue weighted by molar-refractivity contribution is 9.09. The monoisotopic (exact) mass is 278 g/mol. The minimum atomic E-state index is -4.26. The van der Waals surface area contributed by atoms with E-state index in [9.17, 15) is 13.2 Å². The molecule has 1 aromatic carbocycles. The summed E-state index contributed by atoms with van der Waals surface area (Å²) in [5, 5.41) is 0.808. The van der Waals surface area contributed by atoms with Crippen molar-refractivity contribution in [3.63, 3.8) is 0 Å². The molecule has 0 aliphatic carbocycles. The molecule has 0 atom stereocenters. The van der Waals surface area contributed by atoms with Crippen LogP contribution in [0.25, 0.3) is 6.08 Å². The molecule has 0 fully saturated rings. The van der Waals surface area contributed by atoms with Gasteiger partial charge < -0.3 is 0 Å². The van der Waals surface area contributed by atoms with Crippen LogP contribution in [-0.4, -0.2) is 5.33 Å². The van der Waals surface area contributed by atoms with Crippen LogP contribution in [0.15, 0.2) is 30.3 Å². The average molecular weight is 279 g/mol. The van der Waals surface area contributed by atoms with E-state index in [1.807, 2.05) is 6.08 Å². The molecule has 4 heteroatoms. The highest BCUT2D eigenvalue weighted by atomic mass is 79.9. The average Bonchev–Trinajstić information content (AvgIpc) is 2.17. The van der Waals surface area contributed by atoms with Gasteiger partial charge in [-0.15, -0.1) is 0 Å². The maximum absolute atomic E-state index is 12.3. The maximum Gasteiger partial charge on any atom is 0.416 e. The fraction of sp³-hybridized carbons (Fsp3) is 0.273. The summed E-state index contributed by atoms with van der Waals surface area (Å²) in [7, 11) is 0. The predicted octanol–water partition coefficient (Wildman–Crippen LogP) is 4.50. The first-order valence-corrected chi connectivity index (χ1v) is 5.56. The molecule has 0 spiro atoms. The first kappa shape index (κ1) is 12.3. The van der Waals surface area contributed by atoms with Crippen LogP contribution >= 0.6 is 15.9 Å². The van der Waals surface area contributed by atoms with Gasteiger partial charge in [0, 0.05) is 5.33 Å². The fourth-order valence-electron chi connectivity index (χ4n) is 1.10. The summed E-state index contributed by atoms with van der Waals surface area (Å²) in [5.74, 6) is 0. The highest BCUT2D eigenvalue weighted by Gasteiger charge is 2.30. The summed E-state index contributed by atoms with van der Waals surface area (Å²) in [6.07, 6.45) is 0.0657. The lowest BCUT2D eigenvalue weighted by Gasteiger charge is -2.06. The zero-order chi connectivity index (χ0) is 11.3. The van der Waals surface area contributed by atoms with Crippen molar-refractivity contribution in [3.8, 4) is 0 Å². The molecule has 82 valence electrons. The molecule has 0 N–H and O–H groups in total. The number of hydrogen-bond acceptors (Lipinski definition) is 0. The third-order valence-corrected chi connectivity index (χ3v) is 2.26. The van der Waals surface area contributed by atoms with E-state index in [1.165, 1.54) is 6.07 Å². The molecule has 1 aromatic rings. The van der Waals surface area contributed by atoms with Gasteiger partial charge in [0.1, 0.15) is 0 Å². The van der Waals surface area contributed by atoms with Crippen molar-refractivity contribution in [3.05, 3.63) is 41.5 Å². The van der Waals surface area contributed by atoms with E-state index < -0.39 is 11.7 Å². The number of alkyl halides is 4. The number of hydrogen-bond donors (Lipinski definition) is 0. The second-order valence-corrected chi connectivity index (χ2v) is 3.80. The third-order valence-electron chi connectivity index (χ3n) is 1.80. The Balaban J connectivity index is 2.84. The van der Waals surface area contributed by atoms with E-state index in [0.717, 1.165) is 23.9 Å². The Morgan fingerprint density at radius 1 is 1.27 bits per heavy atom. The van der Waals surface area contributed by atoms with Crippen LogP contribution in [0.4, 0.5) is 13.2 Å². The van der Waals surface area contributed by atoms with Gasteiger partial charge in [-0.3, -0.25) is 0 Å². The van der Waals surface area contributed by atoms with Gasteiger partial charge in [-0.25, -0.2) is 0 Å². The number of benzene rings is 1. The predicted molar refractivity (Wildman–Crippen MR) is 58.9 cm³/mol. The Morgan fingerprint density at radius 2 is 2.00 bits per heavy atom. The van der Waals surface area contributed by atoms with E-state index in [1.54, 1.807) is 12.1 Å². The molecule has 0 saturated carbocycles. The minimum absolute atomic E-state index is 0.575. The summed E-state index contributed by atoms with van der Waals surface area (Å²) in [5.41, 5.74) is -0.0331. The molecule has 0 unspecified atom stereocenters. The van der Waals surface area contributed by atoms with E-state index >= 15 is 0 Å². The number of halogens is 4. The Morgan fingerprint density at radius 3 is 2.60 bits per heavy atom. The van der Waals surface area contributed by atoms with Crippen LogP contribution in [0.2, 0.25) is 0 Å². The second-order valence-electron chi connectivity index (χ2n) is 3.00. The molecule has 15 heavy (non-hydrogen) atoms. The summed E-state index contributed by atoms with van der Waals surface area (Å²) in [6.45, 7) is 0. The van der Waals surface area contributed by atoms with Gasteiger partial charge in [-0.1, -0.05) is 40.2 Å². The molecule has 0 radical (unpaired) electrons. The SMILES string of the molecule is FC(F)(F)c1cccc(/C=C/CCBr)c1. The Hall–Kier alpha value is -0.770. The van der Waals surface area contributed by atoms with Gasteiger partial charge in [-0.2, -0.15) is 13.2 Å². The second kappa shape index (κ2) is 5.35.